The molecule has 0 aromatic heterocycles. The Bertz CT molecular complexity index is 641. The zero-order chi connectivity index (χ0) is 17.1. The molecule has 1 amide bonds. The Morgan fingerprint density at radius 1 is 1.23 bits per heavy atom. The van der Waals surface area contributed by atoms with E-state index in [4.69, 9.17) is 0 Å². The largest absolute Gasteiger partial charge is 0.352 e. The summed E-state index contributed by atoms with van der Waals surface area (Å²) in [6.07, 6.45) is 1.91. The molecule has 0 aliphatic rings. The van der Waals surface area contributed by atoms with Gasteiger partial charge in [-0.05, 0) is 57.4 Å². The lowest BCUT2D eigenvalue weighted by Gasteiger charge is -2.29. The lowest BCUT2D eigenvalue weighted by Crippen LogP contribution is -2.49. The fourth-order valence-electron chi connectivity index (χ4n) is 2.14. The molecular weight excluding hydrogens is 300 g/mol. The van der Waals surface area contributed by atoms with Crippen LogP contribution in [0, 0.1) is 13.8 Å². The Balaban J connectivity index is 3.19. The van der Waals surface area contributed by atoms with E-state index >= 15 is 0 Å². The number of sulfonamides is 1. The van der Waals surface area contributed by atoms with Gasteiger partial charge in [-0.25, -0.2) is 8.42 Å². The average molecular weight is 326 g/mol. The van der Waals surface area contributed by atoms with Crippen molar-refractivity contribution in [3.05, 3.63) is 29.3 Å². The maximum absolute atomic E-state index is 12.3. The minimum atomic E-state index is -3.56. The molecule has 22 heavy (non-hydrogen) atoms. The van der Waals surface area contributed by atoms with E-state index in [1.54, 1.807) is 19.1 Å². The SMILES string of the molecule is CC[C@@H](C)NC(=O)[C@@H](C)N(c1ccc(C)c(C)c1)S(C)(=O)=O. The van der Waals surface area contributed by atoms with Crippen molar-refractivity contribution in [3.8, 4) is 0 Å². The molecule has 1 aromatic carbocycles. The highest BCUT2D eigenvalue weighted by molar-refractivity contribution is 7.92. The van der Waals surface area contributed by atoms with Gasteiger partial charge in [-0.3, -0.25) is 9.10 Å². The van der Waals surface area contributed by atoms with Gasteiger partial charge >= 0.3 is 0 Å². The first-order valence-corrected chi connectivity index (χ1v) is 9.29. The zero-order valence-corrected chi connectivity index (χ0v) is 15.0. The lowest BCUT2D eigenvalue weighted by molar-refractivity contribution is -0.122. The van der Waals surface area contributed by atoms with Gasteiger partial charge in [-0.2, -0.15) is 0 Å². The fourth-order valence-corrected chi connectivity index (χ4v) is 3.30. The van der Waals surface area contributed by atoms with Crippen molar-refractivity contribution in [1.82, 2.24) is 5.32 Å². The van der Waals surface area contributed by atoms with Gasteiger partial charge in [0, 0.05) is 6.04 Å². The van der Waals surface area contributed by atoms with Gasteiger partial charge in [0.25, 0.3) is 0 Å². The molecule has 0 fully saturated rings. The van der Waals surface area contributed by atoms with Gasteiger partial charge < -0.3 is 5.32 Å². The molecule has 0 saturated heterocycles. The number of amides is 1. The number of nitrogens with one attached hydrogen (secondary N) is 1. The molecule has 124 valence electrons. The van der Waals surface area contributed by atoms with Crippen LogP contribution in [0.25, 0.3) is 0 Å². The second-order valence-corrected chi connectivity index (χ2v) is 7.68. The van der Waals surface area contributed by atoms with Crippen LogP contribution in [0.1, 0.15) is 38.3 Å². The van der Waals surface area contributed by atoms with Gasteiger partial charge in [-0.1, -0.05) is 13.0 Å². The van der Waals surface area contributed by atoms with Crippen LogP contribution in [0.2, 0.25) is 0 Å². The Labute approximate surface area is 133 Å². The third-order valence-electron chi connectivity index (χ3n) is 3.83. The van der Waals surface area contributed by atoms with E-state index in [0.29, 0.717) is 5.69 Å². The number of hydrogen-bond acceptors (Lipinski definition) is 3. The van der Waals surface area contributed by atoms with Gasteiger partial charge in [0.05, 0.1) is 11.9 Å². The monoisotopic (exact) mass is 326 g/mol. The van der Waals surface area contributed by atoms with Crippen LogP contribution < -0.4 is 9.62 Å². The van der Waals surface area contributed by atoms with Crippen LogP contribution in [0.4, 0.5) is 5.69 Å². The number of aryl methyl sites for hydroxylation is 2. The van der Waals surface area contributed by atoms with Crippen LogP contribution in [-0.4, -0.2) is 32.7 Å². The quantitative estimate of drug-likeness (QED) is 0.873. The number of benzene rings is 1. The van der Waals surface area contributed by atoms with Gasteiger partial charge in [0.15, 0.2) is 0 Å². The first-order valence-electron chi connectivity index (χ1n) is 7.45. The van der Waals surface area contributed by atoms with Crippen LogP contribution >= 0.6 is 0 Å². The number of anilines is 1. The summed E-state index contributed by atoms with van der Waals surface area (Å²) in [6, 6.07) is 4.60. The van der Waals surface area contributed by atoms with Crippen molar-refractivity contribution >= 4 is 21.6 Å². The minimum Gasteiger partial charge on any atom is -0.352 e. The summed E-state index contributed by atoms with van der Waals surface area (Å²) < 4.78 is 25.5. The molecule has 0 heterocycles. The Morgan fingerprint density at radius 3 is 2.27 bits per heavy atom. The Kier molecular flexibility index (Phi) is 6.00. The van der Waals surface area contributed by atoms with E-state index in [0.717, 1.165) is 23.8 Å². The third-order valence-corrected chi connectivity index (χ3v) is 5.08. The summed E-state index contributed by atoms with van der Waals surface area (Å²) in [5.74, 6) is -0.294. The second-order valence-electron chi connectivity index (χ2n) is 5.82. The molecule has 6 heteroatoms. The molecule has 1 N–H and O–H groups in total. The average Bonchev–Trinajstić information content (AvgIpc) is 2.41. The molecule has 5 nitrogen and oxygen atoms in total. The van der Waals surface area contributed by atoms with Crippen molar-refractivity contribution in [2.24, 2.45) is 0 Å². The van der Waals surface area contributed by atoms with Crippen molar-refractivity contribution in [3.63, 3.8) is 0 Å². The summed E-state index contributed by atoms with van der Waals surface area (Å²) in [5.41, 5.74) is 2.58. The topological polar surface area (TPSA) is 66.5 Å². The minimum absolute atomic E-state index is 0.0103. The maximum Gasteiger partial charge on any atom is 0.243 e. The van der Waals surface area contributed by atoms with Gasteiger partial charge in [0.1, 0.15) is 6.04 Å². The van der Waals surface area contributed by atoms with Crippen molar-refractivity contribution in [2.45, 2.75) is 53.1 Å². The van der Waals surface area contributed by atoms with Gasteiger partial charge in [0.2, 0.25) is 15.9 Å². The summed E-state index contributed by atoms with van der Waals surface area (Å²) in [6.45, 7) is 9.35. The molecule has 1 aromatic rings. The molecule has 0 radical (unpaired) electrons. The molecule has 2 atom stereocenters. The highest BCUT2D eigenvalue weighted by Gasteiger charge is 2.29. The highest BCUT2D eigenvalue weighted by Crippen LogP contribution is 2.23. The number of hydrogen-bond donors (Lipinski definition) is 1. The van der Waals surface area contributed by atoms with E-state index in [-0.39, 0.29) is 11.9 Å². The first kappa shape index (κ1) is 18.5. The molecule has 0 spiro atoms. The summed E-state index contributed by atoms with van der Waals surface area (Å²) in [5, 5.41) is 2.83. The van der Waals surface area contributed by atoms with Crippen molar-refractivity contribution < 1.29 is 13.2 Å². The molecule has 0 unspecified atom stereocenters. The normalized spacial score (nSPS) is 14.3. The fraction of sp³-hybridized carbons (Fsp3) is 0.562. The zero-order valence-electron chi connectivity index (χ0n) is 14.2. The summed E-state index contributed by atoms with van der Waals surface area (Å²) in [4.78, 5) is 12.3. The number of carbonyl (C=O) groups excluding carboxylic acids is 1. The predicted molar refractivity (Wildman–Crippen MR) is 90.6 cm³/mol. The smallest absolute Gasteiger partial charge is 0.243 e. The van der Waals surface area contributed by atoms with E-state index in [1.807, 2.05) is 33.8 Å². The third kappa shape index (κ3) is 4.47. The summed E-state index contributed by atoms with van der Waals surface area (Å²) in [7, 11) is -3.56. The maximum atomic E-state index is 12.3. The first-order chi connectivity index (χ1) is 10.1. The van der Waals surface area contributed by atoms with Crippen molar-refractivity contribution in [2.75, 3.05) is 10.6 Å². The standard InChI is InChI=1S/C16H26N2O3S/c1-7-13(4)17-16(19)14(5)18(22(6,20)21)15-9-8-11(2)12(3)10-15/h8-10,13-14H,7H2,1-6H3,(H,17,19)/t13-,14-/m1/s1. The Morgan fingerprint density at radius 2 is 1.82 bits per heavy atom. The van der Waals surface area contributed by atoms with Crippen LogP contribution in [-0.2, 0) is 14.8 Å². The number of rotatable bonds is 6. The molecule has 0 bridgehead atoms. The van der Waals surface area contributed by atoms with Crippen LogP contribution in [0.15, 0.2) is 18.2 Å². The molecule has 1 rings (SSSR count). The predicted octanol–water partition coefficient (Wildman–Crippen LogP) is 2.37. The summed E-state index contributed by atoms with van der Waals surface area (Å²) >= 11 is 0. The number of carbonyl (C=O) groups is 1. The number of nitrogens with zero attached hydrogens (tertiary/aromatic N) is 1. The van der Waals surface area contributed by atoms with Gasteiger partial charge in [-0.15, -0.1) is 0 Å². The molecule has 0 saturated carbocycles. The molecule has 0 aliphatic heterocycles. The van der Waals surface area contributed by atoms with Crippen LogP contribution in [0.5, 0.6) is 0 Å². The lowest BCUT2D eigenvalue weighted by atomic mass is 10.1. The van der Waals surface area contributed by atoms with E-state index in [2.05, 4.69) is 5.32 Å². The van der Waals surface area contributed by atoms with E-state index < -0.39 is 16.1 Å². The Hall–Kier alpha value is -1.56. The van der Waals surface area contributed by atoms with E-state index in [1.165, 1.54) is 4.31 Å². The molecular formula is C16H26N2O3S. The molecule has 0 aliphatic carbocycles. The van der Waals surface area contributed by atoms with E-state index in [9.17, 15) is 13.2 Å². The highest BCUT2D eigenvalue weighted by atomic mass is 32.2. The van der Waals surface area contributed by atoms with Crippen LogP contribution in [0.3, 0.4) is 0 Å². The van der Waals surface area contributed by atoms with Crippen molar-refractivity contribution in [1.29, 1.82) is 0 Å². The second kappa shape index (κ2) is 7.13.